The topological polar surface area (TPSA) is 95.9 Å². The molecule has 2 aliphatic rings. The van der Waals surface area contributed by atoms with Crippen LogP contribution in [-0.2, 0) is 19.1 Å². The standard InChI is InChI=1S/C14H22N2O5/c17-12(2-1-5-15-14(20)10-3-4-10)16-6-7-21-9-11(16)8-13(18)19/h10-11H,1-9H2,(H,15,20)(H,18,19). The van der Waals surface area contributed by atoms with E-state index in [0.717, 1.165) is 12.8 Å². The number of hydrogen-bond donors (Lipinski definition) is 2. The molecular weight excluding hydrogens is 276 g/mol. The number of carbonyl (C=O) groups excluding carboxylic acids is 2. The SMILES string of the molecule is O=C(O)CC1COCCN1C(=O)CCCNC(=O)C1CC1. The van der Waals surface area contributed by atoms with Gasteiger partial charge in [0, 0.05) is 25.4 Å². The quantitative estimate of drug-likeness (QED) is 0.645. The molecule has 21 heavy (non-hydrogen) atoms. The van der Waals surface area contributed by atoms with Crippen molar-refractivity contribution in [1.82, 2.24) is 10.2 Å². The molecule has 0 radical (unpaired) electrons. The van der Waals surface area contributed by atoms with Gasteiger partial charge in [0.2, 0.25) is 11.8 Å². The molecule has 0 bridgehead atoms. The van der Waals surface area contributed by atoms with E-state index in [1.54, 1.807) is 4.90 Å². The molecule has 1 unspecified atom stereocenters. The summed E-state index contributed by atoms with van der Waals surface area (Å²) in [5.41, 5.74) is 0. The molecule has 1 aliphatic carbocycles. The monoisotopic (exact) mass is 298 g/mol. The predicted octanol–water partition coefficient (Wildman–Crippen LogP) is -0.00510. The first-order valence-electron chi connectivity index (χ1n) is 7.44. The zero-order valence-corrected chi connectivity index (χ0v) is 12.0. The van der Waals surface area contributed by atoms with Crippen molar-refractivity contribution in [2.75, 3.05) is 26.3 Å². The first-order chi connectivity index (χ1) is 10.1. The number of amides is 2. The van der Waals surface area contributed by atoms with Crippen LogP contribution in [0, 0.1) is 5.92 Å². The van der Waals surface area contributed by atoms with Crippen LogP contribution in [0.2, 0.25) is 0 Å². The highest BCUT2D eigenvalue weighted by molar-refractivity contribution is 5.81. The number of nitrogens with one attached hydrogen (secondary N) is 1. The maximum Gasteiger partial charge on any atom is 0.305 e. The molecular formula is C14H22N2O5. The summed E-state index contributed by atoms with van der Waals surface area (Å²) in [4.78, 5) is 36.0. The number of rotatable bonds is 7. The summed E-state index contributed by atoms with van der Waals surface area (Å²) < 4.78 is 5.24. The Morgan fingerprint density at radius 3 is 2.71 bits per heavy atom. The molecule has 1 heterocycles. The third-order valence-electron chi connectivity index (χ3n) is 3.77. The number of hydrogen-bond acceptors (Lipinski definition) is 4. The second-order valence-electron chi connectivity index (χ2n) is 5.58. The zero-order valence-electron chi connectivity index (χ0n) is 12.0. The van der Waals surface area contributed by atoms with E-state index in [1.807, 2.05) is 0 Å². The van der Waals surface area contributed by atoms with E-state index in [0.29, 0.717) is 32.5 Å². The van der Waals surface area contributed by atoms with Crippen LogP contribution in [0.3, 0.4) is 0 Å². The van der Waals surface area contributed by atoms with Gasteiger partial charge in [0.25, 0.3) is 0 Å². The maximum absolute atomic E-state index is 12.1. The van der Waals surface area contributed by atoms with Crippen molar-refractivity contribution in [1.29, 1.82) is 0 Å². The van der Waals surface area contributed by atoms with Gasteiger partial charge < -0.3 is 20.1 Å². The summed E-state index contributed by atoms with van der Waals surface area (Å²) in [6, 6.07) is -0.384. The van der Waals surface area contributed by atoms with Gasteiger partial charge >= 0.3 is 5.97 Å². The van der Waals surface area contributed by atoms with Crippen LogP contribution in [0.5, 0.6) is 0 Å². The third-order valence-corrected chi connectivity index (χ3v) is 3.77. The lowest BCUT2D eigenvalue weighted by Gasteiger charge is -2.35. The molecule has 1 saturated carbocycles. The minimum Gasteiger partial charge on any atom is -0.481 e. The minimum atomic E-state index is -0.931. The van der Waals surface area contributed by atoms with Gasteiger partial charge in [0.05, 0.1) is 25.7 Å². The number of carboxylic acid groups (broad SMARTS) is 1. The highest BCUT2D eigenvalue weighted by Gasteiger charge is 2.30. The lowest BCUT2D eigenvalue weighted by atomic mass is 10.1. The van der Waals surface area contributed by atoms with E-state index < -0.39 is 5.97 Å². The van der Waals surface area contributed by atoms with Gasteiger partial charge in [0.15, 0.2) is 0 Å². The Morgan fingerprint density at radius 1 is 1.29 bits per heavy atom. The highest BCUT2D eigenvalue weighted by atomic mass is 16.5. The minimum absolute atomic E-state index is 0.0646. The van der Waals surface area contributed by atoms with E-state index in [-0.39, 0.29) is 36.8 Å². The Morgan fingerprint density at radius 2 is 2.05 bits per heavy atom. The fourth-order valence-corrected chi connectivity index (χ4v) is 2.44. The molecule has 1 saturated heterocycles. The molecule has 0 aromatic carbocycles. The number of nitrogens with zero attached hydrogens (tertiary/aromatic N) is 1. The molecule has 0 aromatic rings. The normalized spacial score (nSPS) is 21.9. The summed E-state index contributed by atoms with van der Waals surface area (Å²) in [7, 11) is 0. The van der Waals surface area contributed by atoms with Gasteiger partial charge in [-0.1, -0.05) is 0 Å². The number of aliphatic carboxylic acids is 1. The van der Waals surface area contributed by atoms with Crippen LogP contribution >= 0.6 is 0 Å². The van der Waals surface area contributed by atoms with Crippen LogP contribution in [0.15, 0.2) is 0 Å². The molecule has 1 aliphatic heterocycles. The van der Waals surface area contributed by atoms with E-state index in [1.165, 1.54) is 0 Å². The van der Waals surface area contributed by atoms with Crippen LogP contribution in [0.25, 0.3) is 0 Å². The fourth-order valence-electron chi connectivity index (χ4n) is 2.44. The van der Waals surface area contributed by atoms with Crippen molar-refractivity contribution in [3.05, 3.63) is 0 Å². The molecule has 2 fully saturated rings. The van der Waals surface area contributed by atoms with Gasteiger partial charge in [-0.15, -0.1) is 0 Å². The Balaban J connectivity index is 1.69. The lowest BCUT2D eigenvalue weighted by Crippen LogP contribution is -2.49. The number of morpholine rings is 1. The second kappa shape index (κ2) is 7.40. The molecule has 0 aromatic heterocycles. The highest BCUT2D eigenvalue weighted by Crippen LogP contribution is 2.28. The molecule has 0 spiro atoms. The van der Waals surface area contributed by atoms with Crippen molar-refractivity contribution in [3.8, 4) is 0 Å². The van der Waals surface area contributed by atoms with Gasteiger partial charge in [-0.3, -0.25) is 14.4 Å². The van der Waals surface area contributed by atoms with E-state index >= 15 is 0 Å². The van der Waals surface area contributed by atoms with Gasteiger partial charge in [0.1, 0.15) is 0 Å². The number of carbonyl (C=O) groups is 3. The average Bonchev–Trinajstić information content (AvgIpc) is 3.27. The summed E-state index contributed by atoms with van der Waals surface area (Å²) in [5.74, 6) is -0.734. The molecule has 2 N–H and O–H groups in total. The molecule has 1 atom stereocenters. The van der Waals surface area contributed by atoms with E-state index in [2.05, 4.69) is 5.32 Å². The van der Waals surface area contributed by atoms with Crippen molar-refractivity contribution >= 4 is 17.8 Å². The zero-order chi connectivity index (χ0) is 15.2. The van der Waals surface area contributed by atoms with Gasteiger partial charge in [-0.05, 0) is 19.3 Å². The van der Waals surface area contributed by atoms with E-state index in [9.17, 15) is 14.4 Å². The smallest absolute Gasteiger partial charge is 0.305 e. The average molecular weight is 298 g/mol. The lowest BCUT2D eigenvalue weighted by molar-refractivity contribution is -0.146. The number of carboxylic acids is 1. The summed E-state index contributed by atoms with van der Waals surface area (Å²) in [6.07, 6.45) is 2.74. The second-order valence-corrected chi connectivity index (χ2v) is 5.58. The maximum atomic E-state index is 12.1. The third kappa shape index (κ3) is 5.00. The van der Waals surface area contributed by atoms with E-state index in [4.69, 9.17) is 9.84 Å². The Hall–Kier alpha value is -1.63. The van der Waals surface area contributed by atoms with Crippen LogP contribution in [0.4, 0.5) is 0 Å². The van der Waals surface area contributed by atoms with Crippen LogP contribution in [-0.4, -0.2) is 60.1 Å². The summed E-state index contributed by atoms with van der Waals surface area (Å²) in [6.45, 7) is 1.65. The van der Waals surface area contributed by atoms with Crippen molar-refractivity contribution in [2.24, 2.45) is 5.92 Å². The molecule has 7 heteroatoms. The Labute approximate surface area is 123 Å². The fraction of sp³-hybridized carbons (Fsp3) is 0.786. The predicted molar refractivity (Wildman–Crippen MR) is 73.5 cm³/mol. The summed E-state index contributed by atoms with van der Waals surface area (Å²) in [5, 5.41) is 11.7. The first-order valence-corrected chi connectivity index (χ1v) is 7.44. The number of ether oxygens (including phenoxy) is 1. The largest absolute Gasteiger partial charge is 0.481 e. The molecule has 7 nitrogen and oxygen atoms in total. The first kappa shape index (κ1) is 15.8. The van der Waals surface area contributed by atoms with Crippen molar-refractivity contribution < 1.29 is 24.2 Å². The van der Waals surface area contributed by atoms with Crippen LogP contribution in [0.1, 0.15) is 32.1 Å². The van der Waals surface area contributed by atoms with Crippen molar-refractivity contribution in [2.45, 2.75) is 38.1 Å². The Kier molecular flexibility index (Phi) is 5.55. The van der Waals surface area contributed by atoms with Gasteiger partial charge in [-0.2, -0.15) is 0 Å². The molecule has 2 rings (SSSR count). The van der Waals surface area contributed by atoms with Crippen LogP contribution < -0.4 is 5.32 Å². The molecule has 2 amide bonds. The summed E-state index contributed by atoms with van der Waals surface area (Å²) >= 11 is 0. The van der Waals surface area contributed by atoms with Crippen molar-refractivity contribution in [3.63, 3.8) is 0 Å². The Bertz CT molecular complexity index is 408. The molecule has 118 valence electrons. The van der Waals surface area contributed by atoms with Gasteiger partial charge in [-0.25, -0.2) is 0 Å².